The van der Waals surface area contributed by atoms with Crippen LogP contribution in [-0.2, 0) is 11.2 Å². The molecule has 0 spiro atoms. The van der Waals surface area contributed by atoms with Crippen molar-refractivity contribution in [3.05, 3.63) is 64.3 Å². The van der Waals surface area contributed by atoms with E-state index < -0.39 is 11.4 Å². The average molecular weight is 350 g/mol. The zero-order valence-electron chi connectivity index (χ0n) is 15.5. The fourth-order valence-corrected chi connectivity index (χ4v) is 2.73. The van der Waals surface area contributed by atoms with Crippen LogP contribution in [0.2, 0.25) is 0 Å². The van der Waals surface area contributed by atoms with Crippen LogP contribution in [0.5, 0.6) is 5.75 Å². The Bertz CT molecular complexity index is 1010. The third kappa shape index (κ3) is 3.27. The number of hydrogen-bond acceptors (Lipinski definition) is 4. The summed E-state index contributed by atoms with van der Waals surface area (Å²) < 4.78 is 11.6. The van der Waals surface area contributed by atoms with E-state index in [-0.39, 0.29) is 11.2 Å². The molecular formula is C22H22O4. The lowest BCUT2D eigenvalue weighted by Crippen LogP contribution is -2.26. The summed E-state index contributed by atoms with van der Waals surface area (Å²) in [6, 6.07) is 14.6. The van der Waals surface area contributed by atoms with E-state index in [0.717, 1.165) is 5.56 Å². The van der Waals surface area contributed by atoms with Gasteiger partial charge in [0.25, 0.3) is 0 Å². The van der Waals surface area contributed by atoms with Gasteiger partial charge < -0.3 is 9.15 Å². The number of rotatable bonds is 3. The number of carbonyl (C=O) groups is 1. The Morgan fingerprint density at radius 1 is 1.04 bits per heavy atom. The van der Waals surface area contributed by atoms with Gasteiger partial charge in [-0.15, -0.1) is 0 Å². The lowest BCUT2D eigenvalue weighted by atomic mass is 9.97. The lowest BCUT2D eigenvalue weighted by Gasteiger charge is -2.17. The smallest absolute Gasteiger partial charge is 0.316 e. The van der Waals surface area contributed by atoms with Crippen molar-refractivity contribution in [2.75, 3.05) is 0 Å². The Balaban J connectivity index is 2.24. The molecule has 134 valence electrons. The van der Waals surface area contributed by atoms with Crippen molar-refractivity contribution in [2.24, 2.45) is 5.41 Å². The van der Waals surface area contributed by atoms with Gasteiger partial charge in [-0.2, -0.15) is 0 Å². The molecule has 0 amide bonds. The van der Waals surface area contributed by atoms with Gasteiger partial charge in [0.05, 0.1) is 5.41 Å². The Kier molecular flexibility index (Phi) is 4.68. The first-order valence-electron chi connectivity index (χ1n) is 8.69. The summed E-state index contributed by atoms with van der Waals surface area (Å²) in [5, 5.41) is 0.307. The molecule has 0 aliphatic heterocycles. The molecule has 26 heavy (non-hydrogen) atoms. The molecule has 0 bridgehead atoms. The molecule has 0 unspecified atom stereocenters. The quantitative estimate of drug-likeness (QED) is 0.494. The Labute approximate surface area is 152 Å². The molecule has 4 nitrogen and oxygen atoms in total. The summed E-state index contributed by atoms with van der Waals surface area (Å²) in [5.74, 6) is 0.407. The largest absolute Gasteiger partial charge is 0.455 e. The maximum atomic E-state index is 13.2. The Hall–Kier alpha value is -2.88. The van der Waals surface area contributed by atoms with Crippen LogP contribution in [0, 0.1) is 5.41 Å². The van der Waals surface area contributed by atoms with Gasteiger partial charge in [-0.05, 0) is 39.3 Å². The highest BCUT2D eigenvalue weighted by atomic mass is 16.5. The van der Waals surface area contributed by atoms with Crippen molar-refractivity contribution >= 4 is 16.9 Å². The summed E-state index contributed by atoms with van der Waals surface area (Å²) in [4.78, 5) is 25.4. The number of esters is 1. The number of carbonyl (C=O) groups excluding carboxylic acids is 1. The first kappa shape index (κ1) is 17.9. The molecule has 0 radical (unpaired) electrons. The minimum atomic E-state index is -0.667. The van der Waals surface area contributed by atoms with Crippen LogP contribution >= 0.6 is 0 Å². The van der Waals surface area contributed by atoms with Gasteiger partial charge in [-0.25, -0.2) is 0 Å². The standard InChI is InChI=1S/C22H22O4/c1-5-15-19(23)18-16(25-20(15)14-10-7-6-8-11-14)12-9-13-17(18)26-21(24)22(2,3)4/h6-13H,5H2,1-4H3. The van der Waals surface area contributed by atoms with Gasteiger partial charge in [-0.1, -0.05) is 43.3 Å². The van der Waals surface area contributed by atoms with Gasteiger partial charge in [0.15, 0.2) is 5.43 Å². The molecular weight excluding hydrogens is 328 g/mol. The van der Waals surface area contributed by atoms with Crippen LogP contribution in [0.3, 0.4) is 0 Å². The maximum absolute atomic E-state index is 13.2. The molecule has 0 N–H and O–H groups in total. The van der Waals surface area contributed by atoms with E-state index in [2.05, 4.69) is 0 Å². The summed E-state index contributed by atoms with van der Waals surface area (Å²) in [7, 11) is 0. The van der Waals surface area contributed by atoms with E-state index in [0.29, 0.717) is 28.7 Å². The molecule has 0 saturated carbocycles. The van der Waals surface area contributed by atoms with Gasteiger partial charge in [0, 0.05) is 11.1 Å². The van der Waals surface area contributed by atoms with Crippen LogP contribution in [0.1, 0.15) is 33.3 Å². The molecule has 0 aliphatic rings. The zero-order chi connectivity index (χ0) is 18.9. The van der Waals surface area contributed by atoms with Crippen LogP contribution in [0.4, 0.5) is 0 Å². The number of benzene rings is 2. The maximum Gasteiger partial charge on any atom is 0.316 e. The normalized spacial score (nSPS) is 11.5. The Morgan fingerprint density at radius 3 is 2.35 bits per heavy atom. The van der Waals surface area contributed by atoms with E-state index in [1.165, 1.54) is 0 Å². The van der Waals surface area contributed by atoms with Crippen LogP contribution in [0.25, 0.3) is 22.3 Å². The number of ether oxygens (including phenoxy) is 1. The van der Waals surface area contributed by atoms with E-state index >= 15 is 0 Å². The molecule has 1 aromatic heterocycles. The van der Waals surface area contributed by atoms with Gasteiger partial charge >= 0.3 is 5.97 Å². The molecule has 1 heterocycles. The van der Waals surface area contributed by atoms with E-state index in [4.69, 9.17) is 9.15 Å². The highest BCUT2D eigenvalue weighted by Crippen LogP contribution is 2.31. The van der Waals surface area contributed by atoms with Crippen molar-refractivity contribution in [3.8, 4) is 17.1 Å². The predicted molar refractivity (Wildman–Crippen MR) is 102 cm³/mol. The van der Waals surface area contributed by atoms with E-state index in [1.54, 1.807) is 39.0 Å². The van der Waals surface area contributed by atoms with E-state index in [1.807, 2.05) is 37.3 Å². The van der Waals surface area contributed by atoms with Crippen molar-refractivity contribution < 1.29 is 13.9 Å². The summed E-state index contributed by atoms with van der Waals surface area (Å²) in [6.07, 6.45) is 0.518. The number of hydrogen-bond donors (Lipinski definition) is 0. The predicted octanol–water partition coefficient (Wildman–Crippen LogP) is 4.97. The molecule has 0 fully saturated rings. The molecule has 3 aromatic rings. The minimum Gasteiger partial charge on any atom is -0.455 e. The lowest BCUT2D eigenvalue weighted by molar-refractivity contribution is -0.142. The summed E-state index contributed by atoms with van der Waals surface area (Å²) in [6.45, 7) is 7.23. The monoisotopic (exact) mass is 350 g/mol. The molecule has 2 aromatic carbocycles. The second-order valence-corrected chi connectivity index (χ2v) is 7.23. The third-order valence-electron chi connectivity index (χ3n) is 4.18. The first-order chi connectivity index (χ1) is 12.3. The fraction of sp³-hybridized carbons (Fsp3) is 0.273. The third-order valence-corrected chi connectivity index (χ3v) is 4.18. The van der Waals surface area contributed by atoms with Crippen molar-refractivity contribution in [1.29, 1.82) is 0 Å². The van der Waals surface area contributed by atoms with Crippen molar-refractivity contribution in [1.82, 2.24) is 0 Å². The SMILES string of the molecule is CCc1c(-c2ccccc2)oc2cccc(OC(=O)C(C)(C)C)c2c1=O. The molecule has 0 saturated heterocycles. The number of fused-ring (bicyclic) bond motifs is 1. The van der Waals surface area contributed by atoms with Crippen LogP contribution in [-0.4, -0.2) is 5.97 Å². The molecule has 4 heteroatoms. The molecule has 3 rings (SSSR count). The summed E-state index contributed by atoms with van der Waals surface area (Å²) >= 11 is 0. The van der Waals surface area contributed by atoms with Crippen molar-refractivity contribution in [3.63, 3.8) is 0 Å². The van der Waals surface area contributed by atoms with Gasteiger partial charge in [0.2, 0.25) is 0 Å². The Morgan fingerprint density at radius 2 is 1.73 bits per heavy atom. The average Bonchev–Trinajstić information content (AvgIpc) is 2.61. The second kappa shape index (κ2) is 6.79. The fourth-order valence-electron chi connectivity index (χ4n) is 2.73. The second-order valence-electron chi connectivity index (χ2n) is 7.23. The minimum absolute atomic E-state index is 0.162. The first-order valence-corrected chi connectivity index (χ1v) is 8.69. The zero-order valence-corrected chi connectivity index (χ0v) is 15.5. The highest BCUT2D eigenvalue weighted by molar-refractivity contribution is 5.89. The molecule has 0 atom stereocenters. The molecule has 0 aliphatic carbocycles. The van der Waals surface area contributed by atoms with Gasteiger partial charge in [0.1, 0.15) is 22.5 Å². The topological polar surface area (TPSA) is 56.5 Å². The van der Waals surface area contributed by atoms with Crippen LogP contribution < -0.4 is 10.2 Å². The van der Waals surface area contributed by atoms with E-state index in [9.17, 15) is 9.59 Å². The van der Waals surface area contributed by atoms with Gasteiger partial charge in [-0.3, -0.25) is 9.59 Å². The summed E-state index contributed by atoms with van der Waals surface area (Å²) in [5.41, 5.74) is 0.999. The van der Waals surface area contributed by atoms with Crippen LogP contribution in [0.15, 0.2) is 57.7 Å². The van der Waals surface area contributed by atoms with Crippen molar-refractivity contribution in [2.45, 2.75) is 34.1 Å². The highest BCUT2D eigenvalue weighted by Gasteiger charge is 2.26.